The zero-order valence-corrected chi connectivity index (χ0v) is 23.1. The topological polar surface area (TPSA) is 117 Å². The first-order valence-electron chi connectivity index (χ1n) is 12.9. The minimum absolute atomic E-state index is 0.0113. The molecule has 0 bridgehead atoms. The monoisotopic (exact) mass is 629 g/mol. The van der Waals surface area contributed by atoms with Crippen molar-refractivity contribution in [2.75, 3.05) is 10.6 Å². The van der Waals surface area contributed by atoms with E-state index in [4.69, 9.17) is 11.6 Å². The zero-order valence-electron chi connectivity index (χ0n) is 22.4. The van der Waals surface area contributed by atoms with E-state index in [2.05, 4.69) is 35.9 Å². The molecular weight excluding hydrogens is 612 g/mol. The number of halogens is 7. The predicted octanol–water partition coefficient (Wildman–Crippen LogP) is 6.71. The van der Waals surface area contributed by atoms with Crippen LogP contribution in [0.15, 0.2) is 42.7 Å². The quantitative estimate of drug-likeness (QED) is 0.144. The molecule has 44 heavy (non-hydrogen) atoms. The number of hydrogen-bond acceptors (Lipinski definition) is 8. The number of rotatable bonds is 8. The molecule has 6 rings (SSSR count). The van der Waals surface area contributed by atoms with Crippen LogP contribution in [0, 0.1) is 41.9 Å². The molecule has 1 atom stereocenters. The van der Waals surface area contributed by atoms with Gasteiger partial charge in [-0.2, -0.15) is 18.4 Å². The largest absolute Gasteiger partial charge is 0.372 e. The molecule has 5 aromatic rings. The number of nitrogens with zero attached hydrogens (tertiary/aromatic N) is 7. The third-order valence-electron chi connectivity index (χ3n) is 7.33. The Bertz CT molecular complexity index is 1970. The number of nitriles is 1. The number of alkyl halides is 2. The van der Waals surface area contributed by atoms with E-state index in [1.807, 2.05) is 6.07 Å². The van der Waals surface area contributed by atoms with Crippen molar-refractivity contribution in [1.29, 1.82) is 5.26 Å². The summed E-state index contributed by atoms with van der Waals surface area (Å²) in [6.07, 6.45) is -0.607. The molecule has 4 aromatic heterocycles. The van der Waals surface area contributed by atoms with Crippen LogP contribution in [0.25, 0.3) is 10.9 Å². The van der Waals surface area contributed by atoms with Crippen molar-refractivity contribution >= 4 is 39.6 Å². The van der Waals surface area contributed by atoms with Crippen molar-refractivity contribution in [3.8, 4) is 6.07 Å². The second kappa shape index (κ2) is 10.9. The molecule has 4 heterocycles. The molecule has 2 N–H and O–H groups in total. The fourth-order valence-corrected chi connectivity index (χ4v) is 5.16. The zero-order chi connectivity index (χ0) is 31.3. The number of aromatic nitrogens is 6. The third kappa shape index (κ3) is 5.00. The smallest absolute Gasteiger partial charge is 0.263 e. The van der Waals surface area contributed by atoms with Crippen LogP contribution in [0.1, 0.15) is 41.4 Å². The van der Waals surface area contributed by atoms with Gasteiger partial charge < -0.3 is 10.6 Å². The molecule has 1 fully saturated rings. The number of aryl methyl sites for hydroxylation is 1. The summed E-state index contributed by atoms with van der Waals surface area (Å²) in [5, 5.41) is 23.6. The lowest BCUT2D eigenvalue weighted by atomic mass is 10.0. The molecule has 0 spiro atoms. The van der Waals surface area contributed by atoms with Gasteiger partial charge in [-0.3, -0.25) is 4.98 Å². The molecule has 0 amide bonds. The summed E-state index contributed by atoms with van der Waals surface area (Å²) >= 11 is 6.56. The number of benzene rings is 1. The summed E-state index contributed by atoms with van der Waals surface area (Å²) in [6.45, 7) is 1.48. The Kier molecular flexibility index (Phi) is 7.24. The Morgan fingerprint density at radius 3 is 2.48 bits per heavy atom. The molecule has 0 saturated heterocycles. The second-order valence-corrected chi connectivity index (χ2v) is 10.5. The molecule has 0 unspecified atom stereocenters. The second-order valence-electron chi connectivity index (χ2n) is 10.1. The van der Waals surface area contributed by atoms with Crippen LogP contribution < -0.4 is 10.6 Å². The minimum atomic E-state index is -2.89. The lowest BCUT2D eigenvalue weighted by molar-refractivity contribution is 0.0524. The van der Waals surface area contributed by atoms with Gasteiger partial charge in [-0.25, -0.2) is 27.8 Å². The highest BCUT2D eigenvalue weighted by Crippen LogP contribution is 2.49. The summed E-state index contributed by atoms with van der Waals surface area (Å²) in [6, 6.07) is 6.91. The molecular formula is C28H18ClF6N9. The van der Waals surface area contributed by atoms with Gasteiger partial charge in [0.15, 0.2) is 5.82 Å². The third-order valence-corrected chi connectivity index (χ3v) is 7.62. The Balaban J connectivity index is 1.48. The SMILES string of the molecule is Cc1nc(F)ccc1[C@H](Nc1cc(Cl)c2ncc(C#N)c(Nc3cnc(F)c(F)c3)c2c1)c1nnn(C2(C(F)F)CC2)c1F. The molecule has 9 nitrogen and oxygen atoms in total. The normalized spacial score (nSPS) is 14.5. The Hall–Kier alpha value is -4.97. The molecule has 1 saturated carbocycles. The maximum absolute atomic E-state index is 15.8. The van der Waals surface area contributed by atoms with Gasteiger partial charge in [-0.15, -0.1) is 5.10 Å². The Labute approximate surface area is 249 Å². The molecule has 224 valence electrons. The standard InChI is InChI=1S/C28H18ClF6N9/c1-12-16(2-3-20(31)39-12)23(24-26(33)44(43-42-24)28(4-5-28)27(34)35)40-14-6-17-21(41-15-8-19(30)25(32)38-11-15)13(9-36)10-37-22(17)18(29)7-14/h2-3,6-8,10-11,23,27,40H,4-5H2,1H3,(H,37,41)/t23-/m0/s1. The average Bonchev–Trinajstić information content (AvgIpc) is 3.70. The maximum atomic E-state index is 15.8. The Morgan fingerprint density at radius 2 is 1.82 bits per heavy atom. The van der Waals surface area contributed by atoms with E-state index in [0.29, 0.717) is 4.68 Å². The van der Waals surface area contributed by atoms with Crippen LogP contribution >= 0.6 is 11.6 Å². The van der Waals surface area contributed by atoms with E-state index in [9.17, 15) is 27.2 Å². The number of nitrogens with one attached hydrogen (secondary N) is 2. The molecule has 0 aliphatic heterocycles. The maximum Gasteiger partial charge on any atom is 0.263 e. The predicted molar refractivity (Wildman–Crippen MR) is 146 cm³/mol. The number of anilines is 3. The van der Waals surface area contributed by atoms with Crippen LogP contribution in [0.3, 0.4) is 0 Å². The van der Waals surface area contributed by atoms with Crippen molar-refractivity contribution in [2.24, 2.45) is 0 Å². The summed E-state index contributed by atoms with van der Waals surface area (Å²) in [5.41, 5.74) is -1.18. The fraction of sp³-hybridized carbons (Fsp3) is 0.214. The highest BCUT2D eigenvalue weighted by Gasteiger charge is 2.56. The van der Waals surface area contributed by atoms with Crippen molar-refractivity contribution in [3.05, 3.63) is 93.9 Å². The van der Waals surface area contributed by atoms with Gasteiger partial charge in [-0.05, 0) is 38.0 Å². The first-order valence-corrected chi connectivity index (χ1v) is 13.3. The molecule has 1 aromatic carbocycles. The van der Waals surface area contributed by atoms with E-state index in [0.717, 1.165) is 18.3 Å². The minimum Gasteiger partial charge on any atom is -0.372 e. The van der Waals surface area contributed by atoms with Crippen molar-refractivity contribution in [1.82, 2.24) is 29.9 Å². The van der Waals surface area contributed by atoms with E-state index in [1.165, 1.54) is 31.3 Å². The summed E-state index contributed by atoms with van der Waals surface area (Å²) in [7, 11) is 0. The van der Waals surface area contributed by atoms with E-state index < -0.39 is 41.7 Å². The lowest BCUT2D eigenvalue weighted by Gasteiger charge is -2.21. The lowest BCUT2D eigenvalue weighted by Crippen LogP contribution is -2.29. The van der Waals surface area contributed by atoms with Crippen LogP contribution in [0.5, 0.6) is 0 Å². The first kappa shape index (κ1) is 29.1. The highest BCUT2D eigenvalue weighted by atomic mass is 35.5. The van der Waals surface area contributed by atoms with Gasteiger partial charge >= 0.3 is 0 Å². The van der Waals surface area contributed by atoms with E-state index in [1.54, 1.807) is 0 Å². The molecule has 1 aliphatic carbocycles. The number of pyridine rings is 3. The van der Waals surface area contributed by atoms with E-state index >= 15 is 4.39 Å². The molecule has 16 heteroatoms. The summed E-state index contributed by atoms with van der Waals surface area (Å²) in [5.74, 6) is -4.45. The van der Waals surface area contributed by atoms with Crippen LogP contribution in [0.4, 0.5) is 43.4 Å². The van der Waals surface area contributed by atoms with Crippen molar-refractivity contribution < 1.29 is 26.3 Å². The molecule has 0 radical (unpaired) electrons. The van der Waals surface area contributed by atoms with Crippen LogP contribution in [-0.2, 0) is 5.54 Å². The molecule has 1 aliphatic rings. The Morgan fingerprint density at radius 1 is 1.05 bits per heavy atom. The summed E-state index contributed by atoms with van der Waals surface area (Å²) in [4.78, 5) is 11.4. The van der Waals surface area contributed by atoms with Gasteiger partial charge in [0.2, 0.25) is 17.8 Å². The van der Waals surface area contributed by atoms with Crippen LogP contribution in [-0.4, -0.2) is 36.4 Å². The fourth-order valence-electron chi connectivity index (χ4n) is 4.90. The van der Waals surface area contributed by atoms with Gasteiger partial charge in [0.25, 0.3) is 6.43 Å². The first-order chi connectivity index (χ1) is 21.0. The number of hydrogen-bond donors (Lipinski definition) is 2. The van der Waals surface area contributed by atoms with Gasteiger partial charge in [-0.1, -0.05) is 22.9 Å². The number of fused-ring (bicyclic) bond motifs is 1. The highest BCUT2D eigenvalue weighted by molar-refractivity contribution is 6.36. The van der Waals surface area contributed by atoms with Gasteiger partial charge in [0.05, 0.1) is 33.7 Å². The van der Waals surface area contributed by atoms with Gasteiger partial charge in [0, 0.05) is 34.6 Å². The van der Waals surface area contributed by atoms with Crippen molar-refractivity contribution in [2.45, 2.75) is 37.8 Å². The van der Waals surface area contributed by atoms with Crippen LogP contribution in [0.2, 0.25) is 5.02 Å². The van der Waals surface area contributed by atoms with Crippen molar-refractivity contribution in [3.63, 3.8) is 0 Å². The van der Waals surface area contributed by atoms with E-state index in [-0.39, 0.29) is 68.3 Å². The average molecular weight is 630 g/mol. The van der Waals surface area contributed by atoms with Gasteiger partial charge in [0.1, 0.15) is 23.3 Å². The summed E-state index contributed by atoms with van der Waals surface area (Å²) < 4.78 is 85.2.